The van der Waals surface area contributed by atoms with Crippen molar-refractivity contribution in [2.24, 2.45) is 0 Å². The van der Waals surface area contributed by atoms with Gasteiger partial charge in [0.05, 0.1) is 13.2 Å². The third kappa shape index (κ3) is 3.50. The molecule has 2 rings (SSSR count). The van der Waals surface area contributed by atoms with Gasteiger partial charge in [-0.05, 0) is 32.4 Å². The van der Waals surface area contributed by atoms with Gasteiger partial charge in [0, 0.05) is 43.5 Å². The Balaban J connectivity index is 2.17. The molecule has 4 heteroatoms. The molecule has 0 spiro atoms. The zero-order valence-electron chi connectivity index (χ0n) is 13.7. The molecule has 1 heterocycles. The number of hydrogen-bond donors (Lipinski definition) is 1. The van der Waals surface area contributed by atoms with Crippen LogP contribution in [0.4, 0.5) is 5.69 Å². The highest BCUT2D eigenvalue weighted by Gasteiger charge is 2.24. The second-order valence-electron chi connectivity index (χ2n) is 5.85. The predicted octanol–water partition coefficient (Wildman–Crippen LogP) is 2.67. The Bertz CT molecular complexity index is 454. The lowest BCUT2D eigenvalue weighted by atomic mass is 10.0. The summed E-state index contributed by atoms with van der Waals surface area (Å²) in [6.45, 7) is 10.5. The van der Waals surface area contributed by atoms with Crippen LogP contribution in [0.2, 0.25) is 0 Å². The van der Waals surface area contributed by atoms with Crippen LogP contribution in [-0.2, 0) is 0 Å². The summed E-state index contributed by atoms with van der Waals surface area (Å²) in [7, 11) is 1.66. The summed E-state index contributed by atoms with van der Waals surface area (Å²) in [4.78, 5) is 4.90. The van der Waals surface area contributed by atoms with E-state index in [2.05, 4.69) is 29.7 Å². The normalized spacial score (nSPS) is 19.4. The lowest BCUT2D eigenvalue weighted by molar-refractivity contribution is 0.187. The van der Waals surface area contributed by atoms with E-state index in [1.165, 1.54) is 6.42 Å². The number of nitrogens with zero attached hydrogens (tertiary/aromatic N) is 2. The fraction of sp³-hybridized carbons (Fsp3) is 0.647. The molecule has 4 nitrogen and oxygen atoms in total. The number of ether oxygens (including phenoxy) is 1. The van der Waals surface area contributed by atoms with Crippen molar-refractivity contribution in [1.29, 1.82) is 0 Å². The number of piperazine rings is 1. The Morgan fingerprint density at radius 3 is 2.38 bits per heavy atom. The smallest absolute Gasteiger partial charge is 0.126 e. The molecule has 1 fully saturated rings. The average molecular weight is 292 g/mol. The number of hydrogen-bond acceptors (Lipinski definition) is 4. The molecule has 21 heavy (non-hydrogen) atoms. The molecule has 0 aliphatic carbocycles. The third-order valence-electron chi connectivity index (χ3n) is 4.55. The molecule has 0 bridgehead atoms. The summed E-state index contributed by atoms with van der Waals surface area (Å²) in [5, 5.41) is 10.1. The number of benzene rings is 1. The van der Waals surface area contributed by atoms with Crippen LogP contribution in [0.3, 0.4) is 0 Å². The van der Waals surface area contributed by atoms with E-state index in [0.29, 0.717) is 6.04 Å². The van der Waals surface area contributed by atoms with Gasteiger partial charge in [-0.25, -0.2) is 0 Å². The fourth-order valence-electron chi connectivity index (χ4n) is 3.07. The Morgan fingerprint density at radius 1 is 1.19 bits per heavy atom. The van der Waals surface area contributed by atoms with Crippen molar-refractivity contribution in [2.75, 3.05) is 38.2 Å². The van der Waals surface area contributed by atoms with E-state index in [4.69, 9.17) is 4.74 Å². The number of rotatable bonds is 5. The van der Waals surface area contributed by atoms with Gasteiger partial charge in [0.25, 0.3) is 0 Å². The number of anilines is 1. The first-order valence-electron chi connectivity index (χ1n) is 7.92. The van der Waals surface area contributed by atoms with E-state index in [0.717, 1.165) is 43.2 Å². The van der Waals surface area contributed by atoms with Crippen molar-refractivity contribution in [3.05, 3.63) is 23.8 Å². The van der Waals surface area contributed by atoms with Crippen LogP contribution in [0.5, 0.6) is 5.75 Å². The van der Waals surface area contributed by atoms with Gasteiger partial charge in [0.1, 0.15) is 5.75 Å². The molecule has 1 aromatic carbocycles. The zero-order chi connectivity index (χ0) is 15.4. The molecule has 2 unspecified atom stereocenters. The summed E-state index contributed by atoms with van der Waals surface area (Å²) >= 11 is 0. The van der Waals surface area contributed by atoms with Crippen LogP contribution in [0.1, 0.15) is 38.9 Å². The van der Waals surface area contributed by atoms with Crippen LogP contribution in [0, 0.1) is 0 Å². The topological polar surface area (TPSA) is 35.9 Å². The van der Waals surface area contributed by atoms with Crippen LogP contribution < -0.4 is 9.64 Å². The van der Waals surface area contributed by atoms with Gasteiger partial charge in [0.15, 0.2) is 0 Å². The second kappa shape index (κ2) is 7.14. The minimum absolute atomic E-state index is 0.524. The summed E-state index contributed by atoms with van der Waals surface area (Å²) in [5.74, 6) is 0.770. The highest BCUT2D eigenvalue weighted by atomic mass is 16.5. The van der Waals surface area contributed by atoms with Crippen molar-refractivity contribution < 1.29 is 9.84 Å². The fourth-order valence-corrected chi connectivity index (χ4v) is 3.07. The van der Waals surface area contributed by atoms with Gasteiger partial charge in [0.2, 0.25) is 0 Å². The molecule has 0 aromatic heterocycles. The van der Waals surface area contributed by atoms with Gasteiger partial charge in [-0.2, -0.15) is 0 Å². The lowest BCUT2D eigenvalue weighted by Crippen LogP contribution is -2.49. The highest BCUT2D eigenvalue weighted by Crippen LogP contribution is 2.35. The van der Waals surface area contributed by atoms with Gasteiger partial charge < -0.3 is 14.7 Å². The Labute approximate surface area is 128 Å². The average Bonchev–Trinajstić information content (AvgIpc) is 2.53. The summed E-state index contributed by atoms with van der Waals surface area (Å²) in [6, 6.07) is 6.65. The van der Waals surface area contributed by atoms with Crippen molar-refractivity contribution in [3.8, 4) is 5.75 Å². The lowest BCUT2D eigenvalue weighted by Gasteiger charge is -2.40. The highest BCUT2D eigenvalue weighted by molar-refractivity contribution is 5.60. The van der Waals surface area contributed by atoms with Crippen molar-refractivity contribution in [3.63, 3.8) is 0 Å². The van der Waals surface area contributed by atoms with Crippen molar-refractivity contribution >= 4 is 5.69 Å². The Kier molecular flexibility index (Phi) is 5.48. The largest absolute Gasteiger partial charge is 0.496 e. The van der Waals surface area contributed by atoms with Gasteiger partial charge >= 0.3 is 0 Å². The molecule has 1 aliphatic heterocycles. The van der Waals surface area contributed by atoms with Crippen molar-refractivity contribution in [2.45, 2.75) is 39.3 Å². The standard InChI is InChI=1S/C17H28N2O2/c1-5-13(2)18-9-11-19(12-10-18)15-7-6-8-16(21-4)17(15)14(3)20/h6-8,13-14,20H,5,9-12H2,1-4H3. The Hall–Kier alpha value is -1.26. The van der Waals surface area contributed by atoms with E-state index in [-0.39, 0.29) is 0 Å². The van der Waals surface area contributed by atoms with Crippen molar-refractivity contribution in [1.82, 2.24) is 4.90 Å². The van der Waals surface area contributed by atoms with Crippen LogP contribution in [0.25, 0.3) is 0 Å². The maximum Gasteiger partial charge on any atom is 0.126 e. The first-order chi connectivity index (χ1) is 10.1. The molecule has 2 atom stereocenters. The van der Waals surface area contributed by atoms with Gasteiger partial charge in [-0.15, -0.1) is 0 Å². The summed E-state index contributed by atoms with van der Waals surface area (Å²) in [6.07, 6.45) is 0.668. The van der Waals surface area contributed by atoms with E-state index in [1.54, 1.807) is 14.0 Å². The molecule has 1 saturated heterocycles. The molecule has 0 radical (unpaired) electrons. The second-order valence-corrected chi connectivity index (χ2v) is 5.85. The number of methoxy groups -OCH3 is 1. The monoisotopic (exact) mass is 292 g/mol. The van der Waals surface area contributed by atoms with E-state index in [1.807, 2.05) is 12.1 Å². The van der Waals surface area contributed by atoms with Crippen LogP contribution in [-0.4, -0.2) is 49.3 Å². The summed E-state index contributed by atoms with van der Waals surface area (Å²) in [5.41, 5.74) is 2.00. The molecule has 118 valence electrons. The van der Waals surface area contributed by atoms with Crippen LogP contribution >= 0.6 is 0 Å². The quantitative estimate of drug-likeness (QED) is 0.905. The molecular formula is C17H28N2O2. The van der Waals surface area contributed by atoms with Crippen LogP contribution in [0.15, 0.2) is 18.2 Å². The predicted molar refractivity (Wildman–Crippen MR) is 87.2 cm³/mol. The molecule has 1 aliphatic rings. The molecule has 1 N–H and O–H groups in total. The number of aliphatic hydroxyl groups is 1. The van der Waals surface area contributed by atoms with E-state index >= 15 is 0 Å². The minimum atomic E-state index is -0.524. The molecule has 0 amide bonds. The SMILES string of the molecule is CCC(C)N1CCN(c2cccc(OC)c2C(C)O)CC1. The minimum Gasteiger partial charge on any atom is -0.496 e. The first-order valence-corrected chi connectivity index (χ1v) is 7.92. The number of aliphatic hydroxyl groups excluding tert-OH is 1. The van der Waals surface area contributed by atoms with Gasteiger partial charge in [-0.1, -0.05) is 13.0 Å². The first kappa shape index (κ1) is 16.1. The summed E-state index contributed by atoms with van der Waals surface area (Å²) < 4.78 is 5.42. The third-order valence-corrected chi connectivity index (χ3v) is 4.55. The molecular weight excluding hydrogens is 264 g/mol. The van der Waals surface area contributed by atoms with E-state index in [9.17, 15) is 5.11 Å². The zero-order valence-corrected chi connectivity index (χ0v) is 13.7. The molecule has 0 saturated carbocycles. The Morgan fingerprint density at radius 2 is 1.86 bits per heavy atom. The maximum atomic E-state index is 10.1. The van der Waals surface area contributed by atoms with E-state index < -0.39 is 6.10 Å². The maximum absolute atomic E-state index is 10.1. The molecule has 1 aromatic rings. The van der Waals surface area contributed by atoms with Gasteiger partial charge in [-0.3, -0.25) is 4.90 Å².